The summed E-state index contributed by atoms with van der Waals surface area (Å²) in [6.07, 6.45) is 1.77. The number of carbonyl (C=O) groups excluding carboxylic acids is 1. The van der Waals surface area contributed by atoms with Crippen LogP contribution in [0.5, 0.6) is 0 Å². The molecule has 2 atom stereocenters. The lowest BCUT2D eigenvalue weighted by Crippen LogP contribution is -2.49. The number of nitrogens with two attached hydrogens (primary N) is 1. The van der Waals surface area contributed by atoms with Crippen LogP contribution in [0.2, 0.25) is 5.02 Å². The van der Waals surface area contributed by atoms with Gasteiger partial charge in [0, 0.05) is 50.5 Å². The van der Waals surface area contributed by atoms with Gasteiger partial charge in [0.15, 0.2) is 0 Å². The molecule has 3 heterocycles. The van der Waals surface area contributed by atoms with Crippen LogP contribution in [0.4, 0.5) is 29.3 Å². The fourth-order valence-corrected chi connectivity index (χ4v) is 7.40. The zero-order chi connectivity index (χ0) is 31.4. The summed E-state index contributed by atoms with van der Waals surface area (Å²) < 4.78 is 41.2. The normalized spacial score (nSPS) is 21.7. The summed E-state index contributed by atoms with van der Waals surface area (Å²) in [4.78, 5) is 22.2. The lowest BCUT2D eigenvalue weighted by Gasteiger charge is -2.39. The molecule has 0 bridgehead atoms. The summed E-state index contributed by atoms with van der Waals surface area (Å²) in [6, 6.07) is 11.4. The number of para-hydroxylation sites is 1. The summed E-state index contributed by atoms with van der Waals surface area (Å²) in [7, 11) is 4.22. The Balaban J connectivity index is 1.21. The molecule has 2 saturated heterocycles. The standard InChI is InChI=1S/C33H46ClF3N6O/c1-40(2)27-7-5-13-42(22-27)21-23(18-24-19-28(33(35,36)37)31(38)29(34)20-24)9-14-41-15-11-26(12-16-41)43-17-10-25-6-3-4-8-30(25)39-32(43)44/h3-4,6,8,19-20,23,26-27H,5,7,9-18,21-22,38H2,1-2H3,(H,39,44)/t23?,27-/m0/s1. The first-order valence-electron chi connectivity index (χ1n) is 15.9. The van der Waals surface area contributed by atoms with Gasteiger partial charge in [-0.05, 0) is 107 Å². The van der Waals surface area contributed by atoms with Crippen molar-refractivity contribution in [3.8, 4) is 0 Å². The van der Waals surface area contributed by atoms with Crippen LogP contribution in [0.3, 0.4) is 0 Å². The molecule has 0 aromatic heterocycles. The average molecular weight is 635 g/mol. The van der Waals surface area contributed by atoms with Crippen molar-refractivity contribution in [1.29, 1.82) is 0 Å². The van der Waals surface area contributed by atoms with Gasteiger partial charge in [-0.1, -0.05) is 29.8 Å². The largest absolute Gasteiger partial charge is 0.418 e. The zero-order valence-corrected chi connectivity index (χ0v) is 26.6. The number of piperidine rings is 2. The molecule has 0 aliphatic carbocycles. The number of rotatable bonds is 9. The molecule has 2 amide bonds. The van der Waals surface area contributed by atoms with Crippen molar-refractivity contribution >= 4 is 29.0 Å². The van der Waals surface area contributed by atoms with Crippen molar-refractivity contribution in [2.75, 3.05) is 71.0 Å². The van der Waals surface area contributed by atoms with Crippen LogP contribution in [0, 0.1) is 5.92 Å². The van der Waals surface area contributed by atoms with Crippen molar-refractivity contribution in [3.05, 3.63) is 58.1 Å². The van der Waals surface area contributed by atoms with E-state index in [1.165, 1.54) is 11.6 Å². The number of halogens is 4. The maximum atomic E-state index is 13.7. The van der Waals surface area contributed by atoms with Gasteiger partial charge in [0.25, 0.3) is 0 Å². The quantitative estimate of drug-likeness (QED) is 0.328. The van der Waals surface area contributed by atoms with E-state index >= 15 is 0 Å². The lowest BCUT2D eigenvalue weighted by atomic mass is 9.92. The highest BCUT2D eigenvalue weighted by Gasteiger charge is 2.35. The van der Waals surface area contributed by atoms with Crippen LogP contribution in [0.25, 0.3) is 0 Å². The fourth-order valence-electron chi connectivity index (χ4n) is 7.16. The van der Waals surface area contributed by atoms with Gasteiger partial charge in [-0.3, -0.25) is 0 Å². The number of likely N-dealkylation sites (N-methyl/N-ethyl adjacent to an activating group) is 1. The third kappa shape index (κ3) is 8.19. The Bertz CT molecular complexity index is 1280. The minimum absolute atomic E-state index is 0.0218. The van der Waals surface area contributed by atoms with Gasteiger partial charge in [-0.25, -0.2) is 4.79 Å². The third-order valence-corrected chi connectivity index (χ3v) is 10.1. The minimum atomic E-state index is -4.55. The Morgan fingerprint density at radius 2 is 1.82 bits per heavy atom. The van der Waals surface area contributed by atoms with Crippen molar-refractivity contribution < 1.29 is 18.0 Å². The van der Waals surface area contributed by atoms with Gasteiger partial charge in [-0.2, -0.15) is 13.2 Å². The Hall–Kier alpha value is -2.53. The SMILES string of the molecule is CN(C)[C@H]1CCCN(CC(CCN2CCC(N3CCc4ccccc4NC3=O)CC2)Cc2cc(Cl)c(N)c(C(F)(F)F)c2)C1. The number of urea groups is 1. The molecule has 2 fully saturated rings. The fraction of sp³-hybridized carbons (Fsp3) is 0.606. The van der Waals surface area contributed by atoms with E-state index in [4.69, 9.17) is 17.3 Å². The Morgan fingerprint density at radius 1 is 1.07 bits per heavy atom. The average Bonchev–Trinajstić information content (AvgIpc) is 3.15. The molecule has 5 rings (SSSR count). The van der Waals surface area contributed by atoms with E-state index in [2.05, 4.69) is 40.2 Å². The molecule has 242 valence electrons. The van der Waals surface area contributed by atoms with E-state index in [0.29, 0.717) is 24.6 Å². The highest BCUT2D eigenvalue weighted by atomic mass is 35.5. The van der Waals surface area contributed by atoms with Crippen LogP contribution >= 0.6 is 11.6 Å². The molecule has 0 spiro atoms. The molecule has 3 N–H and O–H groups in total. The maximum Gasteiger partial charge on any atom is 0.418 e. The summed E-state index contributed by atoms with van der Waals surface area (Å²) in [5.74, 6) is 0.171. The first-order valence-corrected chi connectivity index (χ1v) is 16.3. The highest BCUT2D eigenvalue weighted by molar-refractivity contribution is 6.33. The van der Waals surface area contributed by atoms with Gasteiger partial charge in [-0.15, -0.1) is 0 Å². The molecule has 1 unspecified atom stereocenters. The first kappa shape index (κ1) is 32.9. The predicted octanol–water partition coefficient (Wildman–Crippen LogP) is 6.07. The number of hydrogen-bond donors (Lipinski definition) is 2. The number of alkyl halides is 3. The molecule has 0 radical (unpaired) electrons. The number of hydrogen-bond acceptors (Lipinski definition) is 5. The van der Waals surface area contributed by atoms with E-state index < -0.39 is 17.4 Å². The number of benzene rings is 2. The van der Waals surface area contributed by atoms with Crippen LogP contribution in [-0.4, -0.2) is 97.6 Å². The van der Waals surface area contributed by atoms with Crippen molar-refractivity contribution in [3.63, 3.8) is 0 Å². The number of anilines is 2. The van der Waals surface area contributed by atoms with Gasteiger partial charge in [0.1, 0.15) is 0 Å². The van der Waals surface area contributed by atoms with E-state index in [9.17, 15) is 18.0 Å². The molecule has 2 aromatic carbocycles. The lowest BCUT2D eigenvalue weighted by molar-refractivity contribution is -0.137. The summed E-state index contributed by atoms with van der Waals surface area (Å²) in [5.41, 5.74) is 7.11. The van der Waals surface area contributed by atoms with Crippen LogP contribution < -0.4 is 11.1 Å². The monoisotopic (exact) mass is 634 g/mol. The molecule has 11 heteroatoms. The number of carbonyl (C=O) groups is 1. The number of nitrogen functional groups attached to an aromatic ring is 1. The Morgan fingerprint density at radius 3 is 2.55 bits per heavy atom. The van der Waals surface area contributed by atoms with Crippen molar-refractivity contribution in [2.45, 2.75) is 63.2 Å². The van der Waals surface area contributed by atoms with Gasteiger partial charge in [0.2, 0.25) is 0 Å². The molecular weight excluding hydrogens is 589 g/mol. The number of likely N-dealkylation sites (tertiary alicyclic amines) is 2. The van der Waals surface area contributed by atoms with E-state index in [1.807, 2.05) is 23.1 Å². The van der Waals surface area contributed by atoms with E-state index in [-0.39, 0.29) is 23.0 Å². The molecule has 0 saturated carbocycles. The van der Waals surface area contributed by atoms with Gasteiger partial charge < -0.3 is 30.7 Å². The van der Waals surface area contributed by atoms with Crippen LogP contribution in [0.15, 0.2) is 36.4 Å². The van der Waals surface area contributed by atoms with Crippen LogP contribution in [-0.2, 0) is 19.0 Å². The Kier molecular flexibility index (Phi) is 10.7. The smallest absolute Gasteiger partial charge is 0.397 e. The third-order valence-electron chi connectivity index (χ3n) is 9.74. The van der Waals surface area contributed by atoms with Crippen LogP contribution in [0.1, 0.15) is 48.8 Å². The van der Waals surface area contributed by atoms with Gasteiger partial charge in [0.05, 0.1) is 16.3 Å². The van der Waals surface area contributed by atoms with E-state index in [0.717, 1.165) is 83.5 Å². The molecule has 3 aliphatic rings. The maximum absolute atomic E-state index is 13.7. The van der Waals surface area contributed by atoms with Crippen molar-refractivity contribution in [1.82, 2.24) is 19.6 Å². The van der Waals surface area contributed by atoms with E-state index in [1.54, 1.807) is 6.07 Å². The number of amides is 2. The second kappa shape index (κ2) is 14.3. The zero-order valence-electron chi connectivity index (χ0n) is 25.9. The number of fused-ring (bicyclic) bond motifs is 1. The van der Waals surface area contributed by atoms with Crippen molar-refractivity contribution in [2.24, 2.45) is 5.92 Å². The molecule has 44 heavy (non-hydrogen) atoms. The number of nitrogens with one attached hydrogen (secondary N) is 1. The predicted molar refractivity (Wildman–Crippen MR) is 171 cm³/mol. The Labute approximate surface area is 264 Å². The van der Waals surface area contributed by atoms with Gasteiger partial charge >= 0.3 is 12.2 Å². The second-order valence-corrected chi connectivity index (χ2v) is 13.4. The summed E-state index contributed by atoms with van der Waals surface area (Å²) in [5, 5.41) is 3.05. The number of nitrogens with zero attached hydrogens (tertiary/aromatic N) is 4. The topological polar surface area (TPSA) is 68.1 Å². The summed E-state index contributed by atoms with van der Waals surface area (Å²) >= 11 is 6.20. The summed E-state index contributed by atoms with van der Waals surface area (Å²) in [6.45, 7) is 6.17. The molecule has 2 aromatic rings. The first-order chi connectivity index (χ1) is 21.0. The second-order valence-electron chi connectivity index (χ2n) is 13.0. The minimum Gasteiger partial charge on any atom is -0.397 e. The molecule has 7 nitrogen and oxygen atoms in total. The molecule has 3 aliphatic heterocycles. The highest BCUT2D eigenvalue weighted by Crippen LogP contribution is 2.38. The molecular formula is C33H46ClF3N6O.